The van der Waals surface area contributed by atoms with Crippen molar-refractivity contribution in [1.29, 1.82) is 0 Å². The first kappa shape index (κ1) is 21.3. The van der Waals surface area contributed by atoms with Crippen LogP contribution in [0.3, 0.4) is 0 Å². The van der Waals surface area contributed by atoms with E-state index in [-0.39, 0.29) is 36.8 Å². The van der Waals surface area contributed by atoms with E-state index < -0.39 is 24.1 Å². The fraction of sp³-hybridized carbons (Fsp3) is 0.810. The number of carbonyl (C=O) groups is 1. The van der Waals surface area contributed by atoms with Gasteiger partial charge < -0.3 is 28.8 Å². The van der Waals surface area contributed by atoms with Crippen molar-refractivity contribution in [3.63, 3.8) is 0 Å². The van der Waals surface area contributed by atoms with Gasteiger partial charge in [0, 0.05) is 18.2 Å². The van der Waals surface area contributed by atoms with E-state index in [1.165, 1.54) is 18.9 Å². The van der Waals surface area contributed by atoms with Crippen molar-refractivity contribution >= 4 is 23.6 Å². The topological polar surface area (TPSA) is 83.5 Å². The first-order valence-corrected chi connectivity index (χ1v) is 11.1. The Hall–Kier alpha value is -0.900. The van der Waals surface area contributed by atoms with Crippen molar-refractivity contribution in [2.75, 3.05) is 7.11 Å². The van der Waals surface area contributed by atoms with Crippen LogP contribution in [0.4, 0.5) is 0 Å². The van der Waals surface area contributed by atoms with Crippen molar-refractivity contribution < 1.29 is 33.6 Å². The van der Waals surface area contributed by atoms with Gasteiger partial charge in [0.1, 0.15) is 30.5 Å². The van der Waals surface area contributed by atoms with Crippen molar-refractivity contribution in [3.8, 4) is 0 Å². The number of ether oxygens (including phenoxy) is 5. The van der Waals surface area contributed by atoms with E-state index in [0.717, 1.165) is 32.1 Å². The molecule has 8 heteroatoms. The molecule has 4 aliphatic rings. The molecule has 1 aliphatic carbocycles. The van der Waals surface area contributed by atoms with Crippen LogP contribution in [0.1, 0.15) is 51.4 Å². The largest absolute Gasteiger partial charge is 0.469 e. The Labute approximate surface area is 176 Å². The predicted octanol–water partition coefficient (Wildman–Crippen LogP) is 2.23. The van der Waals surface area contributed by atoms with E-state index >= 15 is 0 Å². The van der Waals surface area contributed by atoms with Gasteiger partial charge in [-0.15, -0.1) is 0 Å². The number of allylic oxidation sites excluding steroid dienone is 1. The van der Waals surface area contributed by atoms with Crippen LogP contribution in [0.15, 0.2) is 12.2 Å². The number of aliphatic hydroxyl groups excluding tert-OH is 1. The van der Waals surface area contributed by atoms with Crippen LogP contribution in [-0.2, 0) is 28.5 Å². The van der Waals surface area contributed by atoms with Gasteiger partial charge in [0.2, 0.25) is 0 Å². The Morgan fingerprint density at radius 2 is 1.93 bits per heavy atom. The summed E-state index contributed by atoms with van der Waals surface area (Å²) in [6, 6.07) is 0. The zero-order chi connectivity index (χ0) is 20.4. The van der Waals surface area contributed by atoms with E-state index in [4.69, 9.17) is 35.9 Å². The van der Waals surface area contributed by atoms with Gasteiger partial charge in [-0.2, -0.15) is 0 Å². The number of thiocarbonyl (C=S) groups is 1. The normalized spacial score (nSPS) is 39.7. The zero-order valence-electron chi connectivity index (χ0n) is 16.7. The number of rotatable bonds is 5. The van der Waals surface area contributed by atoms with Gasteiger partial charge >= 0.3 is 5.97 Å². The van der Waals surface area contributed by atoms with Crippen LogP contribution in [0.25, 0.3) is 0 Å². The summed E-state index contributed by atoms with van der Waals surface area (Å²) in [5, 5.41) is 12.2. The van der Waals surface area contributed by atoms with Crippen LogP contribution >= 0.6 is 12.2 Å². The second-order valence-corrected chi connectivity index (χ2v) is 8.64. The molecule has 0 aromatic heterocycles. The van der Waals surface area contributed by atoms with Gasteiger partial charge in [-0.25, -0.2) is 0 Å². The average Bonchev–Trinajstić information content (AvgIpc) is 3.10. The maximum atomic E-state index is 11.7. The van der Waals surface area contributed by atoms with E-state index in [2.05, 4.69) is 0 Å². The third-order valence-electron chi connectivity index (χ3n) is 6.46. The summed E-state index contributed by atoms with van der Waals surface area (Å²) in [6.07, 6.45) is 6.92. The number of fused-ring (bicyclic) bond motifs is 3. The Morgan fingerprint density at radius 1 is 1.17 bits per heavy atom. The molecule has 1 N–H and O–H groups in total. The molecule has 7 nitrogen and oxygen atoms in total. The lowest BCUT2D eigenvalue weighted by atomic mass is 9.87. The smallest absolute Gasteiger partial charge is 0.308 e. The lowest BCUT2D eigenvalue weighted by Gasteiger charge is -2.47. The summed E-state index contributed by atoms with van der Waals surface area (Å²) >= 11 is 4.83. The van der Waals surface area contributed by atoms with E-state index in [9.17, 15) is 9.90 Å². The van der Waals surface area contributed by atoms with E-state index in [1.54, 1.807) is 12.2 Å². The summed E-state index contributed by atoms with van der Waals surface area (Å²) in [5.74, 6) is -0.913. The first-order chi connectivity index (χ1) is 14.0. The highest BCUT2D eigenvalue weighted by Gasteiger charge is 2.60. The van der Waals surface area contributed by atoms with Crippen molar-refractivity contribution in [1.82, 2.24) is 0 Å². The Balaban J connectivity index is 1.55. The standard InChI is InChI=1S/C21H30O7S/c1-24-16(23)12-13-7-8-15-18(25-13)20-19(17(26-15)14(22)6-5-11-29)27-21(28-20)9-3-2-4-10-21/h5-6,11,13-15,17-20,22H,2-4,7-10,12H2,1H3/b6-5+/t13-,14?,15+,17+,18+,19-,20+/m1/s1. The summed E-state index contributed by atoms with van der Waals surface area (Å²) in [6.45, 7) is 0. The lowest BCUT2D eigenvalue weighted by molar-refractivity contribution is -0.250. The van der Waals surface area contributed by atoms with Crippen LogP contribution in [0.5, 0.6) is 0 Å². The molecule has 4 rings (SSSR count). The molecule has 0 aromatic rings. The molecule has 0 amide bonds. The second-order valence-electron chi connectivity index (χ2n) is 8.37. The number of methoxy groups -OCH3 is 1. The quantitative estimate of drug-likeness (QED) is 0.407. The molecule has 162 valence electrons. The SMILES string of the molecule is COC(=O)C[C@H]1CC[C@@H]2O[C@@H](C(O)/C=C/C=S)[C@H]3OC4(CCCCC4)O[C@H]3[C@H]2O1. The number of aliphatic hydroxyl groups is 1. The first-order valence-electron chi connectivity index (χ1n) is 10.6. The molecule has 1 saturated carbocycles. The van der Waals surface area contributed by atoms with E-state index in [1.807, 2.05) is 0 Å². The van der Waals surface area contributed by atoms with Crippen LogP contribution in [0.2, 0.25) is 0 Å². The van der Waals surface area contributed by atoms with Crippen LogP contribution < -0.4 is 0 Å². The fourth-order valence-electron chi connectivity index (χ4n) is 5.06. The van der Waals surface area contributed by atoms with Crippen LogP contribution in [0, 0.1) is 0 Å². The molecular formula is C21H30O7S. The molecule has 0 aromatic carbocycles. The van der Waals surface area contributed by atoms with Crippen molar-refractivity contribution in [2.24, 2.45) is 0 Å². The molecule has 3 heterocycles. The highest BCUT2D eigenvalue weighted by atomic mass is 32.1. The Morgan fingerprint density at radius 3 is 2.66 bits per heavy atom. The Bertz CT molecular complexity index is 633. The van der Waals surface area contributed by atoms with Gasteiger partial charge in [0.25, 0.3) is 0 Å². The molecule has 29 heavy (non-hydrogen) atoms. The minimum atomic E-state index is -0.849. The minimum Gasteiger partial charge on any atom is -0.469 e. The summed E-state index contributed by atoms with van der Waals surface area (Å²) < 4.78 is 30.3. The molecule has 1 unspecified atom stereocenters. The van der Waals surface area contributed by atoms with Crippen molar-refractivity contribution in [2.45, 2.75) is 99.9 Å². The number of hydrogen-bond acceptors (Lipinski definition) is 8. The maximum Gasteiger partial charge on any atom is 0.308 e. The molecule has 0 bridgehead atoms. The molecule has 3 aliphatic heterocycles. The third kappa shape index (κ3) is 4.43. The van der Waals surface area contributed by atoms with Crippen molar-refractivity contribution in [3.05, 3.63) is 12.2 Å². The minimum absolute atomic E-state index is 0.215. The third-order valence-corrected chi connectivity index (χ3v) is 6.61. The summed E-state index contributed by atoms with van der Waals surface area (Å²) in [7, 11) is 1.38. The molecular weight excluding hydrogens is 396 g/mol. The molecule has 4 fully saturated rings. The number of esters is 1. The lowest BCUT2D eigenvalue weighted by Crippen LogP contribution is -2.62. The summed E-state index contributed by atoms with van der Waals surface area (Å²) in [5.41, 5.74) is 0. The molecule has 3 saturated heterocycles. The average molecular weight is 427 g/mol. The number of hydrogen-bond donors (Lipinski definition) is 1. The zero-order valence-corrected chi connectivity index (χ0v) is 17.6. The molecule has 1 spiro atoms. The Kier molecular flexibility index (Phi) is 6.68. The van der Waals surface area contributed by atoms with Gasteiger partial charge in [0.05, 0.1) is 25.7 Å². The fourth-order valence-corrected chi connectivity index (χ4v) is 5.15. The van der Waals surface area contributed by atoms with Crippen LogP contribution in [-0.4, -0.2) is 72.1 Å². The monoisotopic (exact) mass is 426 g/mol. The van der Waals surface area contributed by atoms with Gasteiger partial charge in [-0.05, 0) is 25.7 Å². The highest BCUT2D eigenvalue weighted by Crippen LogP contribution is 2.47. The number of carbonyl (C=O) groups excluding carboxylic acids is 1. The van der Waals surface area contributed by atoms with Gasteiger partial charge in [0.15, 0.2) is 5.79 Å². The van der Waals surface area contributed by atoms with E-state index in [0.29, 0.717) is 6.42 Å². The molecule has 0 radical (unpaired) electrons. The summed E-state index contributed by atoms with van der Waals surface area (Å²) in [4.78, 5) is 11.7. The second kappa shape index (κ2) is 9.08. The maximum absolute atomic E-state index is 11.7. The highest BCUT2D eigenvalue weighted by molar-refractivity contribution is 7.79. The molecule has 7 atom stereocenters. The predicted molar refractivity (Wildman–Crippen MR) is 108 cm³/mol. The van der Waals surface area contributed by atoms with Gasteiger partial charge in [-0.3, -0.25) is 4.79 Å². The van der Waals surface area contributed by atoms with Gasteiger partial charge in [-0.1, -0.05) is 30.8 Å².